The standard InChI is InChI=1S/C48H24.2C4H8O/c1-2-26-14-40-28-5-6-31-20-44-32(19-42(31)40)9-10-34-24-48-36(23-46(34)44)12-11-35-21-45-33(22-47(35)48)8-7-30-17-41-29(18-43(30)45)4-3-27-15-37(39(26)16-28)25(1)13-38(27)41;2*1-2-4-5-3-1/h1-24H;2*1-4H2. The van der Waals surface area contributed by atoms with Gasteiger partial charge in [-0.05, 0) is 228 Å². The summed E-state index contributed by atoms with van der Waals surface area (Å²) in [6.45, 7) is 4.00. The van der Waals surface area contributed by atoms with Gasteiger partial charge >= 0.3 is 0 Å². The summed E-state index contributed by atoms with van der Waals surface area (Å²) in [5, 5.41) is 31.2. The summed E-state index contributed by atoms with van der Waals surface area (Å²) in [7, 11) is 0. The van der Waals surface area contributed by atoms with Crippen LogP contribution in [-0.2, 0) is 9.47 Å². The monoisotopic (exact) mass is 744 g/mol. The molecule has 2 heterocycles. The average molecular weight is 745 g/mol. The molecule has 0 aliphatic carbocycles. The normalized spacial score (nSPS) is 14.9. The highest BCUT2D eigenvalue weighted by molar-refractivity contribution is 6.26. The maximum Gasteiger partial charge on any atom is 0.0466 e. The molecule has 2 heteroatoms. The van der Waals surface area contributed by atoms with Gasteiger partial charge in [-0.2, -0.15) is 0 Å². The van der Waals surface area contributed by atoms with E-state index >= 15 is 0 Å². The van der Waals surface area contributed by atoms with Crippen molar-refractivity contribution in [3.63, 3.8) is 0 Å². The lowest BCUT2D eigenvalue weighted by Crippen LogP contribution is -1.87. The zero-order chi connectivity index (χ0) is 37.9. The minimum absolute atomic E-state index is 1.00. The summed E-state index contributed by atoms with van der Waals surface area (Å²) in [5.41, 5.74) is 0. The molecular weight excluding hydrogens is 705 g/mol. The Labute approximate surface area is 335 Å². The number of benzene rings is 12. The average Bonchev–Trinajstić information content (AvgIpc) is 4.06. The Bertz CT molecular complexity index is 2860. The lowest BCUT2D eigenvalue weighted by atomic mass is 9.89. The van der Waals surface area contributed by atoms with Crippen molar-refractivity contribution in [2.45, 2.75) is 25.7 Å². The molecule has 12 aromatic carbocycles. The van der Waals surface area contributed by atoms with Crippen LogP contribution in [0.2, 0.25) is 0 Å². The maximum atomic E-state index is 4.94. The van der Waals surface area contributed by atoms with Crippen LogP contribution < -0.4 is 0 Å². The fraction of sp³-hybridized carbons (Fsp3) is 0.143. The number of hydrogen-bond donors (Lipinski definition) is 0. The highest BCUT2D eigenvalue weighted by Gasteiger charge is 2.14. The number of ether oxygens (including phenoxy) is 2. The van der Waals surface area contributed by atoms with E-state index in [-0.39, 0.29) is 0 Å². The van der Waals surface area contributed by atoms with E-state index in [0.717, 1.165) is 26.4 Å². The smallest absolute Gasteiger partial charge is 0.0466 e. The van der Waals surface area contributed by atoms with Crippen LogP contribution in [0.5, 0.6) is 0 Å². The van der Waals surface area contributed by atoms with Crippen LogP contribution in [-0.4, -0.2) is 26.4 Å². The van der Waals surface area contributed by atoms with Gasteiger partial charge < -0.3 is 9.47 Å². The Morgan fingerprint density at radius 2 is 0.310 bits per heavy atom. The molecule has 276 valence electrons. The molecule has 0 bridgehead atoms. The van der Waals surface area contributed by atoms with E-state index in [4.69, 9.17) is 9.47 Å². The summed E-state index contributed by atoms with van der Waals surface area (Å²) in [6.07, 6.45) is 5.11. The molecule has 2 aliphatic heterocycles. The lowest BCUT2D eigenvalue weighted by molar-refractivity contribution is 0.198. The largest absolute Gasteiger partial charge is 0.381 e. The predicted octanol–water partition coefficient (Wildman–Crippen LogP) is 15.4. The first kappa shape index (κ1) is 32.7. The third kappa shape index (κ3) is 4.98. The van der Waals surface area contributed by atoms with Crippen LogP contribution >= 0.6 is 0 Å². The summed E-state index contributed by atoms with van der Waals surface area (Å²) < 4.78 is 9.89. The third-order valence-electron chi connectivity index (χ3n) is 13.4. The first-order chi connectivity index (χ1) is 28.7. The molecule has 0 N–H and O–H groups in total. The van der Waals surface area contributed by atoms with Gasteiger partial charge in [0.2, 0.25) is 0 Å². The minimum Gasteiger partial charge on any atom is -0.381 e. The Morgan fingerprint density at radius 3 is 0.397 bits per heavy atom. The van der Waals surface area contributed by atoms with E-state index in [1.54, 1.807) is 0 Å². The van der Waals surface area contributed by atoms with E-state index in [1.807, 2.05) is 0 Å². The Balaban J connectivity index is 0.000000309. The van der Waals surface area contributed by atoms with Crippen LogP contribution in [0.25, 0.3) is 129 Å². The van der Waals surface area contributed by atoms with Crippen LogP contribution in [0.4, 0.5) is 0 Å². The van der Waals surface area contributed by atoms with E-state index in [2.05, 4.69) is 146 Å². The van der Waals surface area contributed by atoms with Gasteiger partial charge in [0.25, 0.3) is 0 Å². The Hall–Kier alpha value is -6.32. The molecule has 58 heavy (non-hydrogen) atoms. The van der Waals surface area contributed by atoms with Gasteiger partial charge in [-0.25, -0.2) is 0 Å². The molecular formula is C56H40O2. The fourth-order valence-electron chi connectivity index (χ4n) is 10.4. The first-order valence-electron chi connectivity index (χ1n) is 21.0. The van der Waals surface area contributed by atoms with Crippen molar-refractivity contribution in [2.75, 3.05) is 26.4 Å². The molecule has 14 rings (SSSR count). The molecule has 0 radical (unpaired) electrons. The van der Waals surface area contributed by atoms with Gasteiger partial charge in [-0.15, -0.1) is 0 Å². The molecule has 0 amide bonds. The van der Waals surface area contributed by atoms with Gasteiger partial charge in [0, 0.05) is 26.4 Å². The van der Waals surface area contributed by atoms with Crippen molar-refractivity contribution in [3.8, 4) is 0 Å². The summed E-state index contributed by atoms with van der Waals surface area (Å²) in [4.78, 5) is 0. The predicted molar refractivity (Wildman–Crippen MR) is 250 cm³/mol. The lowest BCUT2D eigenvalue weighted by Gasteiger charge is -2.14. The van der Waals surface area contributed by atoms with E-state index < -0.39 is 0 Å². The molecule has 2 aliphatic rings. The van der Waals surface area contributed by atoms with Crippen molar-refractivity contribution in [2.24, 2.45) is 0 Å². The van der Waals surface area contributed by atoms with Crippen LogP contribution in [0.1, 0.15) is 25.7 Å². The molecule has 0 saturated carbocycles. The topological polar surface area (TPSA) is 18.5 Å². The number of rotatable bonds is 0. The van der Waals surface area contributed by atoms with E-state index in [1.165, 1.54) is 155 Å². The zero-order valence-corrected chi connectivity index (χ0v) is 32.3. The van der Waals surface area contributed by atoms with Gasteiger partial charge in [0.1, 0.15) is 0 Å². The first-order valence-corrected chi connectivity index (χ1v) is 21.0. The molecule has 2 saturated heterocycles. The molecule has 12 aromatic rings. The van der Waals surface area contributed by atoms with Crippen LogP contribution in [0.3, 0.4) is 0 Å². The van der Waals surface area contributed by atoms with Crippen molar-refractivity contribution >= 4 is 129 Å². The second-order valence-electron chi connectivity index (χ2n) is 16.8. The van der Waals surface area contributed by atoms with E-state index in [0.29, 0.717) is 0 Å². The summed E-state index contributed by atoms with van der Waals surface area (Å²) in [6, 6.07) is 56.8. The molecule has 2 nitrogen and oxygen atoms in total. The van der Waals surface area contributed by atoms with Crippen molar-refractivity contribution in [1.82, 2.24) is 0 Å². The SMILES string of the molecule is C1CCOC1.C1CCOC1.c1cc2cc3c4ccc5cc6c(ccc7cc8c(ccc9cc%10c(ccc%11cc%12c(ccc%13cc(c1cc%13%12)c2c4)cc%11%10)cc98)cc76)cc53. The van der Waals surface area contributed by atoms with Crippen molar-refractivity contribution < 1.29 is 9.47 Å². The molecule has 0 spiro atoms. The number of hydrogen-bond acceptors (Lipinski definition) is 2. The van der Waals surface area contributed by atoms with Gasteiger partial charge in [-0.1, -0.05) is 72.8 Å². The molecule has 0 unspecified atom stereocenters. The zero-order valence-electron chi connectivity index (χ0n) is 32.3. The summed E-state index contributed by atoms with van der Waals surface area (Å²) >= 11 is 0. The maximum absolute atomic E-state index is 4.94. The second-order valence-corrected chi connectivity index (χ2v) is 16.8. The fourth-order valence-corrected chi connectivity index (χ4v) is 10.4. The highest BCUT2D eigenvalue weighted by atomic mass is 16.5. The van der Waals surface area contributed by atoms with Gasteiger partial charge in [0.15, 0.2) is 0 Å². The summed E-state index contributed by atoms with van der Waals surface area (Å²) in [5.74, 6) is 0. The van der Waals surface area contributed by atoms with Gasteiger partial charge in [-0.3, -0.25) is 0 Å². The third-order valence-corrected chi connectivity index (χ3v) is 13.4. The molecule has 0 aromatic heterocycles. The quantitative estimate of drug-likeness (QED) is 0.114. The van der Waals surface area contributed by atoms with Crippen molar-refractivity contribution in [1.29, 1.82) is 0 Å². The molecule has 0 atom stereocenters. The van der Waals surface area contributed by atoms with E-state index in [9.17, 15) is 0 Å². The minimum atomic E-state index is 1.00. The Morgan fingerprint density at radius 1 is 0.190 bits per heavy atom. The van der Waals surface area contributed by atoms with Crippen LogP contribution in [0.15, 0.2) is 146 Å². The van der Waals surface area contributed by atoms with Crippen molar-refractivity contribution in [3.05, 3.63) is 146 Å². The number of fused-ring (bicyclic) bond motifs is 18. The second kappa shape index (κ2) is 12.6. The van der Waals surface area contributed by atoms with Gasteiger partial charge in [0.05, 0.1) is 0 Å². The molecule has 2 fully saturated rings. The highest BCUT2D eigenvalue weighted by Crippen LogP contribution is 2.42. The van der Waals surface area contributed by atoms with Crippen LogP contribution in [0, 0.1) is 0 Å². The Kier molecular flexibility index (Phi) is 7.10.